The third-order valence-corrected chi connectivity index (χ3v) is 16.2. The zero-order valence-corrected chi connectivity index (χ0v) is 55.5. The number of rotatable bonds is 67. The van der Waals surface area contributed by atoms with Crippen molar-refractivity contribution in [3.8, 4) is 0 Å². The minimum Gasteiger partial charge on any atom is -0.462 e. The molecule has 0 saturated carbocycles. The Morgan fingerprint density at radius 3 is 0.735 bits per heavy atom. The van der Waals surface area contributed by atoms with Gasteiger partial charge in [-0.2, -0.15) is 0 Å². The van der Waals surface area contributed by atoms with Gasteiger partial charge in [0.2, 0.25) is 0 Å². The minimum atomic E-state index is -0.798. The molecule has 0 aromatic rings. The first-order valence-electron chi connectivity index (χ1n) is 36.4. The van der Waals surface area contributed by atoms with Crippen molar-refractivity contribution in [3.63, 3.8) is 0 Å². The molecule has 0 saturated heterocycles. The Morgan fingerprint density at radius 2 is 0.470 bits per heavy atom. The van der Waals surface area contributed by atoms with Crippen molar-refractivity contribution in [2.45, 2.75) is 386 Å². The van der Waals surface area contributed by atoms with Gasteiger partial charge in [0.15, 0.2) is 6.10 Å². The van der Waals surface area contributed by atoms with Crippen LogP contribution in [0.25, 0.3) is 0 Å². The van der Waals surface area contributed by atoms with Crippen molar-refractivity contribution in [2.75, 3.05) is 13.2 Å². The molecule has 0 aliphatic carbocycles. The lowest BCUT2D eigenvalue weighted by atomic mass is 10.0. The Bertz CT molecular complexity index is 1520. The molecule has 83 heavy (non-hydrogen) atoms. The zero-order chi connectivity index (χ0) is 59.9. The summed E-state index contributed by atoms with van der Waals surface area (Å²) >= 11 is 0. The monoisotopic (exact) mass is 1160 g/mol. The Labute approximate surface area is 516 Å². The highest BCUT2D eigenvalue weighted by Gasteiger charge is 2.19. The van der Waals surface area contributed by atoms with E-state index in [9.17, 15) is 14.4 Å². The third-order valence-electron chi connectivity index (χ3n) is 16.2. The van der Waals surface area contributed by atoms with Gasteiger partial charge >= 0.3 is 17.9 Å². The van der Waals surface area contributed by atoms with Gasteiger partial charge in [0.05, 0.1) is 0 Å². The summed E-state index contributed by atoms with van der Waals surface area (Å²) in [5, 5.41) is 0. The number of unbranched alkanes of at least 4 members (excludes halogenated alkanes) is 44. The summed E-state index contributed by atoms with van der Waals surface area (Å²) in [5.41, 5.74) is 0. The molecule has 482 valence electrons. The van der Waals surface area contributed by atoms with E-state index in [0.717, 1.165) is 89.9 Å². The number of ether oxygens (including phenoxy) is 3. The van der Waals surface area contributed by atoms with Crippen molar-refractivity contribution in [2.24, 2.45) is 0 Å². The SMILES string of the molecule is CC/C=C\C/C=C\C/C=C\C/C=C\C/C=C\C/C=C\CCCCC(=O)OC(COC(=O)CCCCCCCCCCCCCCCCCCC)COC(=O)CCCCCCCCCCCCCCCCCCCCCCCCCCCCC. The van der Waals surface area contributed by atoms with Crippen LogP contribution in [0.2, 0.25) is 0 Å². The topological polar surface area (TPSA) is 78.9 Å². The van der Waals surface area contributed by atoms with Crippen molar-refractivity contribution in [1.82, 2.24) is 0 Å². The van der Waals surface area contributed by atoms with Gasteiger partial charge in [-0.05, 0) is 70.6 Å². The summed E-state index contributed by atoms with van der Waals surface area (Å²) in [6, 6.07) is 0. The second kappa shape index (κ2) is 71.3. The highest BCUT2D eigenvalue weighted by Crippen LogP contribution is 2.19. The van der Waals surface area contributed by atoms with Gasteiger partial charge in [-0.1, -0.05) is 363 Å². The number of allylic oxidation sites excluding steroid dienone is 12. The van der Waals surface area contributed by atoms with E-state index >= 15 is 0 Å². The fourth-order valence-corrected chi connectivity index (χ4v) is 10.8. The van der Waals surface area contributed by atoms with Crippen LogP contribution in [0.15, 0.2) is 72.9 Å². The Kier molecular flexibility index (Phi) is 68.6. The normalized spacial score (nSPS) is 12.5. The number of hydrogen-bond donors (Lipinski definition) is 0. The fourth-order valence-electron chi connectivity index (χ4n) is 10.8. The summed E-state index contributed by atoms with van der Waals surface area (Å²) in [4.78, 5) is 38.5. The molecule has 0 aliphatic rings. The predicted molar refractivity (Wildman–Crippen MR) is 362 cm³/mol. The third kappa shape index (κ3) is 69.5. The van der Waals surface area contributed by atoms with E-state index in [1.165, 1.54) is 244 Å². The molecule has 0 radical (unpaired) electrons. The van der Waals surface area contributed by atoms with E-state index in [2.05, 4.69) is 93.7 Å². The van der Waals surface area contributed by atoms with Gasteiger partial charge in [-0.25, -0.2) is 0 Å². The van der Waals surface area contributed by atoms with E-state index in [1.807, 2.05) is 0 Å². The molecule has 0 aromatic carbocycles. The molecule has 1 atom stereocenters. The van der Waals surface area contributed by atoms with Crippen LogP contribution < -0.4 is 0 Å². The van der Waals surface area contributed by atoms with Crippen LogP contribution in [-0.4, -0.2) is 37.2 Å². The minimum absolute atomic E-state index is 0.0883. The van der Waals surface area contributed by atoms with E-state index in [-0.39, 0.29) is 37.5 Å². The molecule has 0 heterocycles. The van der Waals surface area contributed by atoms with Gasteiger partial charge in [-0.15, -0.1) is 0 Å². The summed E-state index contributed by atoms with van der Waals surface area (Å²) in [5.74, 6) is -0.907. The lowest BCUT2D eigenvalue weighted by Crippen LogP contribution is -2.30. The molecule has 0 aliphatic heterocycles. The summed E-state index contributed by atoms with van der Waals surface area (Å²) in [6.07, 6.45) is 93.7. The van der Waals surface area contributed by atoms with Gasteiger partial charge in [0, 0.05) is 19.3 Å². The molecule has 0 aromatic heterocycles. The maximum absolute atomic E-state index is 12.9. The molecule has 0 amide bonds. The van der Waals surface area contributed by atoms with E-state index < -0.39 is 6.10 Å². The first kappa shape index (κ1) is 79.8. The summed E-state index contributed by atoms with van der Waals surface area (Å²) in [7, 11) is 0. The highest BCUT2D eigenvalue weighted by molar-refractivity contribution is 5.71. The van der Waals surface area contributed by atoms with Gasteiger partial charge in [0.25, 0.3) is 0 Å². The zero-order valence-electron chi connectivity index (χ0n) is 55.5. The largest absolute Gasteiger partial charge is 0.462 e. The lowest BCUT2D eigenvalue weighted by molar-refractivity contribution is -0.167. The molecule has 6 nitrogen and oxygen atoms in total. The first-order chi connectivity index (χ1) is 41.0. The van der Waals surface area contributed by atoms with Crippen LogP contribution >= 0.6 is 0 Å². The van der Waals surface area contributed by atoms with Gasteiger partial charge < -0.3 is 14.2 Å². The Balaban J connectivity index is 4.34. The fraction of sp³-hybridized carbons (Fsp3) is 0.805. The Morgan fingerprint density at radius 1 is 0.253 bits per heavy atom. The average Bonchev–Trinajstić information content (AvgIpc) is 3.50. The predicted octanol–water partition coefficient (Wildman–Crippen LogP) is 25.2. The van der Waals surface area contributed by atoms with Crippen LogP contribution in [0.4, 0.5) is 0 Å². The molecule has 6 heteroatoms. The van der Waals surface area contributed by atoms with Crippen molar-refractivity contribution in [3.05, 3.63) is 72.9 Å². The van der Waals surface area contributed by atoms with Crippen LogP contribution in [0, 0.1) is 0 Å². The van der Waals surface area contributed by atoms with Gasteiger partial charge in [-0.3, -0.25) is 14.4 Å². The van der Waals surface area contributed by atoms with Crippen LogP contribution in [0.5, 0.6) is 0 Å². The van der Waals surface area contributed by atoms with Crippen LogP contribution in [0.1, 0.15) is 380 Å². The summed E-state index contributed by atoms with van der Waals surface area (Å²) in [6.45, 7) is 6.56. The number of esters is 3. The highest BCUT2D eigenvalue weighted by atomic mass is 16.6. The molecule has 0 fully saturated rings. The average molecular weight is 1160 g/mol. The smallest absolute Gasteiger partial charge is 0.306 e. The number of hydrogen-bond acceptors (Lipinski definition) is 6. The van der Waals surface area contributed by atoms with Crippen LogP contribution in [-0.2, 0) is 28.6 Å². The van der Waals surface area contributed by atoms with Crippen LogP contribution in [0.3, 0.4) is 0 Å². The molecular weight excluding hydrogens is 1020 g/mol. The maximum atomic E-state index is 12.9. The molecular formula is C77H138O6. The van der Waals surface area contributed by atoms with Crippen molar-refractivity contribution >= 4 is 17.9 Å². The summed E-state index contributed by atoms with van der Waals surface area (Å²) < 4.78 is 17.0. The molecule has 0 rings (SSSR count). The van der Waals surface area contributed by atoms with E-state index in [1.54, 1.807) is 0 Å². The molecule has 0 spiro atoms. The molecule has 0 bridgehead atoms. The van der Waals surface area contributed by atoms with Gasteiger partial charge in [0.1, 0.15) is 13.2 Å². The van der Waals surface area contributed by atoms with E-state index in [0.29, 0.717) is 19.3 Å². The molecule has 0 N–H and O–H groups in total. The first-order valence-corrected chi connectivity index (χ1v) is 36.4. The standard InChI is InChI=1S/C77H138O6/c1-4-7-10-13-16-19-22-25-28-31-33-35-36-37-38-39-40-42-43-46-49-52-55-58-61-64-67-70-76(79)82-73-74(72-81-75(78)69-66-63-60-57-54-51-48-45-30-27-24-21-18-15-12-9-6-3)83-77(80)71-68-65-62-59-56-53-50-47-44-41-34-32-29-26-23-20-17-14-11-8-5-2/h8,11,17,20,26,29,34,41,47,50,56,59,74H,4-7,9-10,12-16,18-19,21-25,27-28,30-33,35-40,42-46,48-49,51-55,57-58,60-73H2,1-3H3/b11-8-,20-17-,29-26-,41-34-,50-47-,59-56-. The second-order valence-electron chi connectivity index (χ2n) is 24.5. The second-order valence-corrected chi connectivity index (χ2v) is 24.5. The number of carbonyl (C=O) groups is 3. The Hall–Kier alpha value is -3.15. The van der Waals surface area contributed by atoms with Crippen molar-refractivity contribution < 1.29 is 28.6 Å². The lowest BCUT2D eigenvalue weighted by Gasteiger charge is -2.18. The quantitative estimate of drug-likeness (QED) is 0.0261. The van der Waals surface area contributed by atoms with Crippen molar-refractivity contribution in [1.29, 1.82) is 0 Å². The molecule has 1 unspecified atom stereocenters. The number of carbonyl (C=O) groups excluding carboxylic acids is 3. The van der Waals surface area contributed by atoms with E-state index in [4.69, 9.17) is 14.2 Å². The maximum Gasteiger partial charge on any atom is 0.306 e.